The van der Waals surface area contributed by atoms with Gasteiger partial charge in [-0.05, 0) is 56.7 Å². The second-order valence-corrected chi connectivity index (χ2v) is 4.61. The number of hydrogen-bond acceptors (Lipinski definition) is 1. The van der Waals surface area contributed by atoms with Crippen molar-refractivity contribution < 1.29 is 0 Å². The summed E-state index contributed by atoms with van der Waals surface area (Å²) < 4.78 is 0. The summed E-state index contributed by atoms with van der Waals surface area (Å²) in [6, 6.07) is 0.687. The Kier molecular flexibility index (Phi) is 2.72. The molecule has 0 amide bonds. The lowest BCUT2D eigenvalue weighted by molar-refractivity contribution is 0.479. The fourth-order valence-electron chi connectivity index (χ4n) is 1.89. The molecule has 0 atom stereocenters. The van der Waals surface area contributed by atoms with E-state index in [1.807, 2.05) is 0 Å². The Hall–Kier alpha value is -0.310. The number of thiocarbonyl (C=S) groups is 1. The van der Waals surface area contributed by atoms with Crippen LogP contribution in [0.5, 0.6) is 0 Å². The van der Waals surface area contributed by atoms with Crippen LogP contribution in [0.4, 0.5) is 0 Å². The first-order valence-electron chi connectivity index (χ1n) is 5.35. The number of nitrogens with one attached hydrogen (secondary N) is 2. The van der Waals surface area contributed by atoms with Crippen LogP contribution in [0.3, 0.4) is 0 Å². The van der Waals surface area contributed by atoms with Crippen LogP contribution < -0.4 is 10.6 Å². The Labute approximate surface area is 85.5 Å². The first-order valence-corrected chi connectivity index (χ1v) is 5.76. The normalized spacial score (nSPS) is 21.7. The van der Waals surface area contributed by atoms with Gasteiger partial charge in [-0.1, -0.05) is 0 Å². The number of hydrogen-bond donors (Lipinski definition) is 2. The highest BCUT2D eigenvalue weighted by Crippen LogP contribution is 2.44. The molecule has 2 nitrogen and oxygen atoms in total. The van der Waals surface area contributed by atoms with Crippen molar-refractivity contribution in [3.63, 3.8) is 0 Å². The van der Waals surface area contributed by atoms with Crippen LogP contribution in [-0.2, 0) is 0 Å². The third kappa shape index (κ3) is 2.56. The zero-order valence-electron chi connectivity index (χ0n) is 8.18. The summed E-state index contributed by atoms with van der Waals surface area (Å²) in [5, 5.41) is 7.48. The molecular weight excluding hydrogens is 180 g/mol. The van der Waals surface area contributed by atoms with Crippen LogP contribution >= 0.6 is 12.2 Å². The van der Waals surface area contributed by atoms with Crippen LogP contribution in [0, 0.1) is 11.8 Å². The lowest BCUT2D eigenvalue weighted by Crippen LogP contribution is -2.43. The summed E-state index contributed by atoms with van der Waals surface area (Å²) in [5.41, 5.74) is 0. The van der Waals surface area contributed by atoms with E-state index in [-0.39, 0.29) is 0 Å². The van der Waals surface area contributed by atoms with Crippen LogP contribution in [0.25, 0.3) is 0 Å². The van der Waals surface area contributed by atoms with E-state index in [4.69, 9.17) is 12.2 Å². The minimum absolute atomic E-state index is 0.687. The topological polar surface area (TPSA) is 24.1 Å². The minimum Gasteiger partial charge on any atom is -0.363 e. The van der Waals surface area contributed by atoms with Gasteiger partial charge < -0.3 is 10.6 Å². The van der Waals surface area contributed by atoms with Crippen molar-refractivity contribution in [3.05, 3.63) is 0 Å². The Bertz CT molecular complexity index is 185. The fourth-order valence-corrected chi connectivity index (χ4v) is 2.17. The largest absolute Gasteiger partial charge is 0.363 e. The highest BCUT2D eigenvalue weighted by molar-refractivity contribution is 7.80. The maximum atomic E-state index is 5.20. The molecule has 0 heterocycles. The first kappa shape index (κ1) is 9.25. The van der Waals surface area contributed by atoms with Crippen molar-refractivity contribution in [1.82, 2.24) is 10.6 Å². The van der Waals surface area contributed by atoms with Crippen LogP contribution in [0.1, 0.15) is 32.6 Å². The average Bonchev–Trinajstić information content (AvgIpc) is 2.95. The van der Waals surface area contributed by atoms with Crippen molar-refractivity contribution >= 4 is 17.3 Å². The molecule has 0 bridgehead atoms. The zero-order chi connectivity index (χ0) is 9.26. The summed E-state index contributed by atoms with van der Waals surface area (Å²) in [5.74, 6) is 1.84. The summed E-state index contributed by atoms with van der Waals surface area (Å²) >= 11 is 5.20. The van der Waals surface area contributed by atoms with Gasteiger partial charge in [-0.15, -0.1) is 0 Å². The molecule has 2 fully saturated rings. The average molecular weight is 198 g/mol. The summed E-state index contributed by atoms with van der Waals surface area (Å²) in [4.78, 5) is 0. The Balaban J connectivity index is 1.78. The van der Waals surface area contributed by atoms with E-state index < -0.39 is 0 Å². The molecule has 0 unspecified atom stereocenters. The SMILES string of the molecule is CCNC(=S)NC(C1CC1)C1CC1. The molecule has 74 valence electrons. The fraction of sp³-hybridized carbons (Fsp3) is 0.900. The van der Waals surface area contributed by atoms with Gasteiger partial charge in [-0.2, -0.15) is 0 Å². The van der Waals surface area contributed by atoms with Crippen molar-refractivity contribution in [2.45, 2.75) is 38.6 Å². The summed E-state index contributed by atoms with van der Waals surface area (Å²) in [7, 11) is 0. The molecule has 0 aliphatic heterocycles. The molecule has 13 heavy (non-hydrogen) atoms. The zero-order valence-corrected chi connectivity index (χ0v) is 8.99. The first-order chi connectivity index (χ1) is 6.31. The lowest BCUT2D eigenvalue weighted by atomic mass is 10.1. The van der Waals surface area contributed by atoms with E-state index in [0.717, 1.165) is 23.5 Å². The van der Waals surface area contributed by atoms with Crippen LogP contribution in [0.2, 0.25) is 0 Å². The molecule has 3 heteroatoms. The van der Waals surface area contributed by atoms with E-state index in [0.29, 0.717) is 6.04 Å². The molecule has 0 radical (unpaired) electrons. The molecule has 0 saturated heterocycles. The van der Waals surface area contributed by atoms with E-state index >= 15 is 0 Å². The van der Waals surface area contributed by atoms with Gasteiger partial charge in [0.15, 0.2) is 5.11 Å². The van der Waals surface area contributed by atoms with E-state index in [9.17, 15) is 0 Å². The predicted molar refractivity (Wildman–Crippen MR) is 58.6 cm³/mol. The molecule has 2 aliphatic rings. The molecule has 0 spiro atoms. The Morgan fingerprint density at radius 3 is 2.23 bits per heavy atom. The third-order valence-corrected chi connectivity index (χ3v) is 3.16. The smallest absolute Gasteiger partial charge is 0.166 e. The lowest BCUT2D eigenvalue weighted by Gasteiger charge is -2.19. The standard InChI is InChI=1S/C10H18N2S/c1-2-11-10(13)12-9(7-3-4-7)8-5-6-8/h7-9H,2-6H2,1H3,(H2,11,12,13). The van der Waals surface area contributed by atoms with Gasteiger partial charge in [-0.3, -0.25) is 0 Å². The van der Waals surface area contributed by atoms with Gasteiger partial charge in [0.25, 0.3) is 0 Å². The maximum Gasteiger partial charge on any atom is 0.166 e. The minimum atomic E-state index is 0.687. The molecule has 2 N–H and O–H groups in total. The molecule has 0 aromatic carbocycles. The van der Waals surface area contributed by atoms with Gasteiger partial charge in [-0.25, -0.2) is 0 Å². The van der Waals surface area contributed by atoms with E-state index in [2.05, 4.69) is 17.6 Å². The van der Waals surface area contributed by atoms with Crippen molar-refractivity contribution in [3.8, 4) is 0 Å². The van der Waals surface area contributed by atoms with Crippen LogP contribution in [-0.4, -0.2) is 17.7 Å². The van der Waals surface area contributed by atoms with Gasteiger partial charge in [0.2, 0.25) is 0 Å². The highest BCUT2D eigenvalue weighted by atomic mass is 32.1. The summed E-state index contributed by atoms with van der Waals surface area (Å²) in [6.07, 6.45) is 5.62. The van der Waals surface area contributed by atoms with Crippen LogP contribution in [0.15, 0.2) is 0 Å². The Morgan fingerprint density at radius 1 is 1.31 bits per heavy atom. The second kappa shape index (κ2) is 3.82. The second-order valence-electron chi connectivity index (χ2n) is 4.20. The van der Waals surface area contributed by atoms with Gasteiger partial charge >= 0.3 is 0 Å². The Morgan fingerprint density at radius 2 is 1.85 bits per heavy atom. The monoisotopic (exact) mass is 198 g/mol. The van der Waals surface area contributed by atoms with Gasteiger partial charge in [0, 0.05) is 12.6 Å². The van der Waals surface area contributed by atoms with Crippen molar-refractivity contribution in [2.75, 3.05) is 6.54 Å². The molecular formula is C10H18N2S. The van der Waals surface area contributed by atoms with Crippen molar-refractivity contribution in [2.24, 2.45) is 11.8 Å². The quantitative estimate of drug-likeness (QED) is 0.672. The summed E-state index contributed by atoms with van der Waals surface area (Å²) in [6.45, 7) is 3.01. The van der Waals surface area contributed by atoms with Gasteiger partial charge in [0.05, 0.1) is 0 Å². The van der Waals surface area contributed by atoms with E-state index in [1.165, 1.54) is 25.7 Å². The van der Waals surface area contributed by atoms with Crippen molar-refractivity contribution in [1.29, 1.82) is 0 Å². The molecule has 0 aromatic rings. The molecule has 2 rings (SSSR count). The van der Waals surface area contributed by atoms with Gasteiger partial charge in [0.1, 0.15) is 0 Å². The van der Waals surface area contributed by atoms with E-state index in [1.54, 1.807) is 0 Å². The molecule has 2 aliphatic carbocycles. The number of rotatable bonds is 4. The molecule has 0 aromatic heterocycles. The third-order valence-electron chi connectivity index (χ3n) is 2.89. The molecule has 2 saturated carbocycles. The maximum absolute atomic E-state index is 5.20. The highest BCUT2D eigenvalue weighted by Gasteiger charge is 2.41. The predicted octanol–water partition coefficient (Wildman–Crippen LogP) is 1.66.